The van der Waals surface area contributed by atoms with Crippen molar-refractivity contribution < 1.29 is 9.84 Å². The van der Waals surface area contributed by atoms with E-state index >= 15 is 0 Å². The summed E-state index contributed by atoms with van der Waals surface area (Å²) in [4.78, 5) is 2.08. The van der Waals surface area contributed by atoms with Crippen LogP contribution in [-0.2, 0) is 4.74 Å². The van der Waals surface area contributed by atoms with E-state index in [-0.39, 0.29) is 6.04 Å². The first-order chi connectivity index (χ1) is 8.04. The molecule has 0 saturated heterocycles. The molecular formula is C13H20ClNO2. The number of rotatable bonds is 6. The predicted octanol–water partition coefficient (Wildman–Crippen LogP) is 2.34. The van der Waals surface area contributed by atoms with Crippen molar-refractivity contribution in [3.8, 4) is 0 Å². The van der Waals surface area contributed by atoms with E-state index in [1.54, 1.807) is 7.11 Å². The Morgan fingerprint density at radius 1 is 1.47 bits per heavy atom. The average molecular weight is 258 g/mol. The summed E-state index contributed by atoms with van der Waals surface area (Å²) in [5.41, 5.74) is 1.14. The molecule has 0 heterocycles. The lowest BCUT2D eigenvalue weighted by Crippen LogP contribution is -2.33. The molecule has 0 spiro atoms. The molecule has 1 rings (SSSR count). The van der Waals surface area contributed by atoms with E-state index in [9.17, 15) is 5.11 Å². The van der Waals surface area contributed by atoms with Crippen LogP contribution in [0.5, 0.6) is 0 Å². The van der Waals surface area contributed by atoms with Gasteiger partial charge in [0.25, 0.3) is 0 Å². The molecule has 2 atom stereocenters. The quantitative estimate of drug-likeness (QED) is 0.849. The first kappa shape index (κ1) is 14.5. The van der Waals surface area contributed by atoms with Gasteiger partial charge in [-0.3, -0.25) is 4.90 Å². The van der Waals surface area contributed by atoms with Gasteiger partial charge >= 0.3 is 0 Å². The van der Waals surface area contributed by atoms with Crippen LogP contribution in [0.3, 0.4) is 0 Å². The molecule has 0 saturated carbocycles. The third kappa shape index (κ3) is 4.64. The van der Waals surface area contributed by atoms with Crippen molar-refractivity contribution >= 4 is 11.6 Å². The first-order valence-electron chi connectivity index (χ1n) is 5.67. The third-order valence-electron chi connectivity index (χ3n) is 2.85. The van der Waals surface area contributed by atoms with Gasteiger partial charge in [0.1, 0.15) is 0 Å². The van der Waals surface area contributed by atoms with Crippen molar-refractivity contribution in [2.24, 2.45) is 0 Å². The van der Waals surface area contributed by atoms with Crippen LogP contribution < -0.4 is 0 Å². The van der Waals surface area contributed by atoms with Crippen molar-refractivity contribution in [2.75, 3.05) is 27.3 Å². The minimum atomic E-state index is -0.466. The fourth-order valence-electron chi connectivity index (χ4n) is 1.76. The van der Waals surface area contributed by atoms with Gasteiger partial charge in [-0.25, -0.2) is 0 Å². The zero-order valence-corrected chi connectivity index (χ0v) is 11.3. The highest BCUT2D eigenvalue weighted by Gasteiger charge is 2.15. The average Bonchev–Trinajstić information content (AvgIpc) is 2.28. The van der Waals surface area contributed by atoms with Crippen LogP contribution >= 0.6 is 11.6 Å². The predicted molar refractivity (Wildman–Crippen MR) is 70.4 cm³/mol. The first-order valence-corrected chi connectivity index (χ1v) is 6.05. The van der Waals surface area contributed by atoms with E-state index in [1.807, 2.05) is 31.3 Å². The summed E-state index contributed by atoms with van der Waals surface area (Å²) >= 11 is 5.96. The van der Waals surface area contributed by atoms with Gasteiger partial charge in [0.2, 0.25) is 0 Å². The molecule has 0 aliphatic heterocycles. The summed E-state index contributed by atoms with van der Waals surface area (Å²) in [5.74, 6) is 0. The molecule has 0 aliphatic carbocycles. The zero-order valence-electron chi connectivity index (χ0n) is 10.6. The highest BCUT2D eigenvalue weighted by Crippen LogP contribution is 2.21. The number of benzene rings is 1. The molecule has 4 heteroatoms. The van der Waals surface area contributed by atoms with Crippen LogP contribution in [0.1, 0.15) is 18.5 Å². The number of hydrogen-bond donors (Lipinski definition) is 1. The van der Waals surface area contributed by atoms with Gasteiger partial charge in [0, 0.05) is 24.7 Å². The molecule has 0 radical (unpaired) electrons. The van der Waals surface area contributed by atoms with Crippen LogP contribution in [0.4, 0.5) is 0 Å². The van der Waals surface area contributed by atoms with Gasteiger partial charge in [-0.15, -0.1) is 0 Å². The number of methoxy groups -OCH3 is 1. The van der Waals surface area contributed by atoms with Gasteiger partial charge in [-0.1, -0.05) is 23.7 Å². The summed E-state index contributed by atoms with van der Waals surface area (Å²) < 4.78 is 4.91. The van der Waals surface area contributed by atoms with Crippen LogP contribution in [-0.4, -0.2) is 43.4 Å². The molecular weight excluding hydrogens is 238 g/mol. The summed E-state index contributed by atoms with van der Waals surface area (Å²) in [5, 5.41) is 10.4. The van der Waals surface area contributed by atoms with E-state index < -0.39 is 6.10 Å². The minimum Gasteiger partial charge on any atom is -0.389 e. The molecule has 1 N–H and O–H groups in total. The largest absolute Gasteiger partial charge is 0.389 e. The topological polar surface area (TPSA) is 32.7 Å². The number of halogens is 1. The van der Waals surface area contributed by atoms with Crippen LogP contribution in [0.2, 0.25) is 5.02 Å². The molecule has 3 nitrogen and oxygen atoms in total. The molecule has 1 aromatic rings. The van der Waals surface area contributed by atoms with Gasteiger partial charge in [0.15, 0.2) is 0 Å². The summed E-state index contributed by atoms with van der Waals surface area (Å²) in [6.45, 7) is 3.01. The third-order valence-corrected chi connectivity index (χ3v) is 3.09. The number of ether oxygens (including phenoxy) is 1. The fourth-order valence-corrected chi connectivity index (χ4v) is 1.96. The van der Waals surface area contributed by atoms with Crippen molar-refractivity contribution in [3.63, 3.8) is 0 Å². The van der Waals surface area contributed by atoms with Crippen molar-refractivity contribution in [1.29, 1.82) is 0 Å². The lowest BCUT2D eigenvalue weighted by atomic mass is 10.1. The second-order valence-corrected chi connectivity index (χ2v) is 4.72. The van der Waals surface area contributed by atoms with E-state index in [4.69, 9.17) is 16.3 Å². The van der Waals surface area contributed by atoms with E-state index in [0.717, 1.165) is 10.6 Å². The van der Waals surface area contributed by atoms with Gasteiger partial charge in [-0.2, -0.15) is 0 Å². The Balaban J connectivity index is 2.60. The summed E-state index contributed by atoms with van der Waals surface area (Å²) in [6.07, 6.45) is -0.466. The molecule has 2 unspecified atom stereocenters. The second-order valence-electron chi connectivity index (χ2n) is 4.28. The Kier molecular flexibility index (Phi) is 5.92. The zero-order chi connectivity index (χ0) is 12.8. The standard InChI is InChI=1S/C13H20ClNO2/c1-10(11-5-4-6-12(14)7-11)15(2)8-13(16)9-17-3/h4-7,10,13,16H,8-9H2,1-3H3. The minimum absolute atomic E-state index is 0.209. The van der Waals surface area contributed by atoms with Crippen molar-refractivity contribution in [3.05, 3.63) is 34.9 Å². The lowest BCUT2D eigenvalue weighted by Gasteiger charge is -2.27. The maximum absolute atomic E-state index is 9.68. The summed E-state index contributed by atoms with van der Waals surface area (Å²) in [7, 11) is 3.56. The number of hydrogen-bond acceptors (Lipinski definition) is 3. The Hall–Kier alpha value is -0.610. The molecule has 0 bridgehead atoms. The normalized spacial score (nSPS) is 14.9. The Morgan fingerprint density at radius 2 is 2.18 bits per heavy atom. The highest BCUT2D eigenvalue weighted by molar-refractivity contribution is 6.30. The second kappa shape index (κ2) is 6.97. The van der Waals surface area contributed by atoms with E-state index in [2.05, 4.69) is 11.8 Å². The fraction of sp³-hybridized carbons (Fsp3) is 0.538. The molecule has 96 valence electrons. The highest BCUT2D eigenvalue weighted by atomic mass is 35.5. The molecule has 17 heavy (non-hydrogen) atoms. The summed E-state index contributed by atoms with van der Waals surface area (Å²) in [6, 6.07) is 7.99. The maximum Gasteiger partial charge on any atom is 0.0900 e. The Morgan fingerprint density at radius 3 is 2.76 bits per heavy atom. The van der Waals surface area contributed by atoms with E-state index in [0.29, 0.717) is 13.2 Å². The number of aliphatic hydroxyl groups excluding tert-OH is 1. The van der Waals surface area contributed by atoms with E-state index in [1.165, 1.54) is 0 Å². The van der Waals surface area contributed by atoms with Crippen LogP contribution in [0.15, 0.2) is 24.3 Å². The van der Waals surface area contributed by atoms with Crippen molar-refractivity contribution in [1.82, 2.24) is 4.90 Å². The molecule has 1 aromatic carbocycles. The number of aliphatic hydroxyl groups is 1. The van der Waals surface area contributed by atoms with Crippen LogP contribution in [0, 0.1) is 0 Å². The SMILES string of the molecule is COCC(O)CN(C)C(C)c1cccc(Cl)c1. The molecule has 0 amide bonds. The molecule has 0 aromatic heterocycles. The monoisotopic (exact) mass is 257 g/mol. The van der Waals surface area contributed by atoms with Gasteiger partial charge in [-0.05, 0) is 31.7 Å². The lowest BCUT2D eigenvalue weighted by molar-refractivity contribution is 0.0357. The van der Waals surface area contributed by atoms with Gasteiger partial charge in [0.05, 0.1) is 12.7 Å². The Bertz CT molecular complexity index is 346. The molecule has 0 aliphatic rings. The van der Waals surface area contributed by atoms with Gasteiger partial charge < -0.3 is 9.84 Å². The smallest absolute Gasteiger partial charge is 0.0900 e. The number of likely N-dealkylation sites (N-methyl/N-ethyl adjacent to an activating group) is 1. The molecule has 0 fully saturated rings. The van der Waals surface area contributed by atoms with Crippen LogP contribution in [0.25, 0.3) is 0 Å². The Labute approximate surface area is 108 Å². The van der Waals surface area contributed by atoms with Crippen molar-refractivity contribution in [2.45, 2.75) is 19.1 Å². The number of nitrogens with zero attached hydrogens (tertiary/aromatic N) is 1. The maximum atomic E-state index is 9.68.